The van der Waals surface area contributed by atoms with Crippen molar-refractivity contribution in [1.82, 2.24) is 15.5 Å². The van der Waals surface area contributed by atoms with Crippen molar-refractivity contribution in [2.45, 2.75) is 0 Å². The van der Waals surface area contributed by atoms with Crippen LogP contribution in [0, 0.1) is 0 Å². The zero-order valence-electron chi connectivity index (χ0n) is 11.6. The van der Waals surface area contributed by atoms with Crippen molar-refractivity contribution in [2.24, 2.45) is 0 Å². The van der Waals surface area contributed by atoms with Crippen molar-refractivity contribution in [2.75, 3.05) is 31.9 Å². The van der Waals surface area contributed by atoms with Gasteiger partial charge in [-0.15, -0.1) is 18.3 Å². The Morgan fingerprint density at radius 3 is 2.81 bits per heavy atom. The van der Waals surface area contributed by atoms with Crippen LogP contribution in [-0.2, 0) is 9.59 Å². The summed E-state index contributed by atoms with van der Waals surface area (Å²) in [6.07, 6.45) is 4.35. The molecule has 0 aromatic rings. The van der Waals surface area contributed by atoms with Crippen LogP contribution in [0.1, 0.15) is 0 Å². The van der Waals surface area contributed by atoms with Crippen LogP contribution in [0.2, 0.25) is 0 Å². The van der Waals surface area contributed by atoms with Crippen LogP contribution in [0.25, 0.3) is 0 Å². The van der Waals surface area contributed by atoms with Crippen molar-refractivity contribution >= 4 is 29.4 Å². The first kappa shape index (κ1) is 15.4. The van der Waals surface area contributed by atoms with Crippen LogP contribution in [0.3, 0.4) is 0 Å². The summed E-state index contributed by atoms with van der Waals surface area (Å²) in [7, 11) is 0. The van der Waals surface area contributed by atoms with Crippen LogP contribution in [-0.4, -0.2) is 54.4 Å². The molecule has 2 rings (SSSR count). The summed E-state index contributed by atoms with van der Waals surface area (Å²) in [6, 6.07) is -0.0974. The minimum atomic E-state index is -0.216. The molecule has 0 atom stereocenters. The second-order valence-corrected chi connectivity index (χ2v) is 5.60. The largest absolute Gasteiger partial charge is 0.380 e. The van der Waals surface area contributed by atoms with E-state index in [4.69, 9.17) is 0 Å². The van der Waals surface area contributed by atoms with E-state index in [9.17, 15) is 14.4 Å². The lowest BCUT2D eigenvalue weighted by Crippen LogP contribution is -2.36. The number of hydrogen-bond donors (Lipinski definition) is 2. The Morgan fingerprint density at radius 2 is 2.14 bits per heavy atom. The van der Waals surface area contributed by atoms with E-state index in [2.05, 4.69) is 17.2 Å². The summed E-state index contributed by atoms with van der Waals surface area (Å²) in [4.78, 5) is 37.2. The van der Waals surface area contributed by atoms with Gasteiger partial charge in [-0.1, -0.05) is 6.08 Å². The Labute approximate surface area is 127 Å². The predicted molar refractivity (Wildman–Crippen MR) is 81.8 cm³/mol. The van der Waals surface area contributed by atoms with Gasteiger partial charge < -0.3 is 15.5 Å². The van der Waals surface area contributed by atoms with Crippen LogP contribution in [0.4, 0.5) is 4.79 Å². The Kier molecular flexibility index (Phi) is 5.21. The average molecular weight is 307 g/mol. The third-order valence-corrected chi connectivity index (χ3v) is 4.08. The van der Waals surface area contributed by atoms with Crippen LogP contribution >= 0.6 is 11.8 Å². The second-order valence-electron chi connectivity index (χ2n) is 4.54. The molecule has 0 bridgehead atoms. The molecule has 0 spiro atoms. The van der Waals surface area contributed by atoms with Gasteiger partial charge in [0.25, 0.3) is 0 Å². The molecule has 1 aliphatic heterocycles. The molecular weight excluding hydrogens is 290 g/mol. The predicted octanol–water partition coefficient (Wildman–Crippen LogP) is 0.440. The molecule has 1 saturated heterocycles. The lowest BCUT2D eigenvalue weighted by Gasteiger charge is -2.17. The molecule has 21 heavy (non-hydrogen) atoms. The van der Waals surface area contributed by atoms with Gasteiger partial charge in [0.2, 0.25) is 5.78 Å². The monoisotopic (exact) mass is 307 g/mol. The van der Waals surface area contributed by atoms with Gasteiger partial charge in [-0.3, -0.25) is 9.59 Å². The number of urea groups is 1. The van der Waals surface area contributed by atoms with Gasteiger partial charge >= 0.3 is 6.03 Å². The van der Waals surface area contributed by atoms with E-state index in [0.717, 1.165) is 0 Å². The molecule has 1 fully saturated rings. The molecule has 1 aliphatic carbocycles. The number of amides is 2. The fourth-order valence-electron chi connectivity index (χ4n) is 1.99. The summed E-state index contributed by atoms with van der Waals surface area (Å²) in [5, 5.41) is 5.62. The fraction of sp³-hybridized carbons (Fsp3) is 0.357. The number of ketones is 2. The highest BCUT2D eigenvalue weighted by Gasteiger charge is 2.21. The van der Waals surface area contributed by atoms with Crippen molar-refractivity contribution in [3.05, 3.63) is 35.4 Å². The van der Waals surface area contributed by atoms with Gasteiger partial charge in [0, 0.05) is 44.1 Å². The van der Waals surface area contributed by atoms with Crippen LogP contribution < -0.4 is 10.6 Å². The lowest BCUT2D eigenvalue weighted by atomic mass is 10.1. The maximum atomic E-state index is 11.9. The third kappa shape index (κ3) is 3.98. The van der Waals surface area contributed by atoms with Gasteiger partial charge in [-0.2, -0.15) is 0 Å². The highest BCUT2D eigenvalue weighted by Crippen LogP contribution is 2.21. The standard InChI is InChI=1S/C14H17N3O3S/c1-2-7-21-13-9-11(18)10(8-12(13)19)15-3-5-17-6-4-16-14(17)20/h2,8-9,15H,1,3-7H2,(H,16,20). The average Bonchev–Trinajstić information content (AvgIpc) is 2.86. The van der Waals surface area contributed by atoms with Gasteiger partial charge in [0.05, 0.1) is 10.6 Å². The van der Waals surface area contributed by atoms with E-state index < -0.39 is 0 Å². The number of allylic oxidation sites excluding steroid dienone is 3. The van der Waals surface area contributed by atoms with Crippen molar-refractivity contribution < 1.29 is 14.4 Å². The number of carbonyl (C=O) groups excluding carboxylic acids is 3. The van der Waals surface area contributed by atoms with Crippen molar-refractivity contribution in [3.8, 4) is 0 Å². The van der Waals surface area contributed by atoms with E-state index in [-0.39, 0.29) is 23.3 Å². The smallest absolute Gasteiger partial charge is 0.317 e. The lowest BCUT2D eigenvalue weighted by molar-refractivity contribution is -0.115. The molecule has 2 N–H and O–H groups in total. The molecule has 0 saturated carbocycles. The number of carbonyl (C=O) groups is 3. The molecule has 6 nitrogen and oxygen atoms in total. The summed E-state index contributed by atoms with van der Waals surface area (Å²) in [5.41, 5.74) is 0.280. The molecule has 0 radical (unpaired) electrons. The first-order valence-electron chi connectivity index (χ1n) is 6.64. The zero-order chi connectivity index (χ0) is 15.2. The Bertz CT molecular complexity index is 540. The summed E-state index contributed by atoms with van der Waals surface area (Å²) in [6.45, 7) is 5.81. The number of rotatable bonds is 7. The summed E-state index contributed by atoms with van der Waals surface area (Å²) < 4.78 is 0. The van der Waals surface area contributed by atoms with Gasteiger partial charge in [0.15, 0.2) is 5.78 Å². The molecule has 0 unspecified atom stereocenters. The van der Waals surface area contributed by atoms with Gasteiger partial charge in [0.1, 0.15) is 0 Å². The van der Waals surface area contributed by atoms with E-state index in [1.807, 2.05) is 0 Å². The normalized spacial score (nSPS) is 18.3. The zero-order valence-corrected chi connectivity index (χ0v) is 12.4. The molecule has 2 amide bonds. The number of nitrogens with zero attached hydrogens (tertiary/aromatic N) is 1. The van der Waals surface area contributed by atoms with Crippen LogP contribution in [0.15, 0.2) is 35.4 Å². The maximum Gasteiger partial charge on any atom is 0.317 e. The topological polar surface area (TPSA) is 78.5 Å². The molecule has 112 valence electrons. The van der Waals surface area contributed by atoms with Crippen molar-refractivity contribution in [3.63, 3.8) is 0 Å². The molecular formula is C14H17N3O3S. The molecule has 0 aromatic carbocycles. The highest BCUT2D eigenvalue weighted by atomic mass is 32.2. The van der Waals surface area contributed by atoms with Gasteiger partial charge in [-0.25, -0.2) is 4.79 Å². The minimum Gasteiger partial charge on any atom is -0.380 e. The first-order chi connectivity index (χ1) is 10.1. The van der Waals surface area contributed by atoms with Gasteiger partial charge in [-0.05, 0) is 0 Å². The Balaban J connectivity index is 1.84. The Morgan fingerprint density at radius 1 is 1.33 bits per heavy atom. The van der Waals surface area contributed by atoms with E-state index in [1.165, 1.54) is 23.9 Å². The van der Waals surface area contributed by atoms with E-state index >= 15 is 0 Å². The number of nitrogens with one attached hydrogen (secondary N) is 2. The molecule has 0 aromatic heterocycles. The van der Waals surface area contributed by atoms with E-state index in [0.29, 0.717) is 36.8 Å². The molecule has 1 heterocycles. The highest BCUT2D eigenvalue weighted by molar-refractivity contribution is 8.04. The molecule has 2 aliphatic rings. The first-order valence-corrected chi connectivity index (χ1v) is 7.63. The maximum absolute atomic E-state index is 11.9. The quantitative estimate of drug-likeness (QED) is 0.527. The summed E-state index contributed by atoms with van der Waals surface area (Å²) >= 11 is 1.29. The number of thioether (sulfide) groups is 1. The fourth-order valence-corrected chi connectivity index (χ4v) is 2.68. The van der Waals surface area contributed by atoms with Crippen molar-refractivity contribution in [1.29, 1.82) is 0 Å². The minimum absolute atomic E-state index is 0.0974. The SMILES string of the molecule is C=CCSC1=CC(=O)C(NCCN2CCNC2=O)=CC1=O. The molecule has 7 heteroatoms. The van der Waals surface area contributed by atoms with Crippen LogP contribution in [0.5, 0.6) is 0 Å². The third-order valence-electron chi connectivity index (χ3n) is 3.04. The Hall–Kier alpha value is -2.02. The summed E-state index contributed by atoms with van der Waals surface area (Å²) in [5.74, 6) is 0.195. The second kappa shape index (κ2) is 7.12. The number of hydrogen-bond acceptors (Lipinski definition) is 5. The van der Waals surface area contributed by atoms with E-state index in [1.54, 1.807) is 11.0 Å².